The number of rotatable bonds is 3. The van der Waals surface area contributed by atoms with E-state index < -0.39 is 11.9 Å². The highest BCUT2D eigenvalue weighted by atomic mass is 16.7. The van der Waals surface area contributed by atoms with Gasteiger partial charge in [0, 0.05) is 13.6 Å². The SMILES string of the molecule is COC(=O)C(=O)N(C)CCc1ccc2c(c1)OCO2. The number of hydrogen-bond acceptors (Lipinski definition) is 5. The molecule has 0 radical (unpaired) electrons. The summed E-state index contributed by atoms with van der Waals surface area (Å²) >= 11 is 0. The van der Waals surface area contributed by atoms with Crippen molar-refractivity contribution in [2.45, 2.75) is 6.42 Å². The predicted octanol–water partition coefficient (Wildman–Crippen LogP) is 0.589. The van der Waals surface area contributed by atoms with Crippen LogP contribution in [0.4, 0.5) is 0 Å². The number of methoxy groups -OCH3 is 1. The van der Waals surface area contributed by atoms with E-state index in [0.717, 1.165) is 11.3 Å². The van der Waals surface area contributed by atoms with Gasteiger partial charge in [0.2, 0.25) is 6.79 Å². The Balaban J connectivity index is 1.92. The molecule has 0 unspecified atom stereocenters. The lowest BCUT2D eigenvalue weighted by Gasteiger charge is -2.15. The lowest BCUT2D eigenvalue weighted by atomic mass is 10.1. The maximum Gasteiger partial charge on any atom is 0.396 e. The smallest absolute Gasteiger partial charge is 0.396 e. The molecule has 0 atom stereocenters. The zero-order valence-corrected chi connectivity index (χ0v) is 10.8. The van der Waals surface area contributed by atoms with Gasteiger partial charge in [0.05, 0.1) is 7.11 Å². The van der Waals surface area contributed by atoms with Crippen LogP contribution in [0.15, 0.2) is 18.2 Å². The van der Waals surface area contributed by atoms with Crippen LogP contribution in [0.25, 0.3) is 0 Å². The van der Waals surface area contributed by atoms with E-state index in [2.05, 4.69) is 4.74 Å². The topological polar surface area (TPSA) is 65.1 Å². The van der Waals surface area contributed by atoms with Crippen molar-refractivity contribution in [2.75, 3.05) is 27.5 Å². The minimum atomic E-state index is -0.854. The van der Waals surface area contributed by atoms with Gasteiger partial charge in [-0.05, 0) is 24.1 Å². The van der Waals surface area contributed by atoms with Crippen LogP contribution < -0.4 is 9.47 Å². The van der Waals surface area contributed by atoms with E-state index in [9.17, 15) is 9.59 Å². The van der Waals surface area contributed by atoms with Crippen molar-refractivity contribution in [2.24, 2.45) is 0 Å². The summed E-state index contributed by atoms with van der Waals surface area (Å²) in [6.07, 6.45) is 0.621. The van der Waals surface area contributed by atoms with Gasteiger partial charge in [0.1, 0.15) is 0 Å². The summed E-state index contributed by atoms with van der Waals surface area (Å²) < 4.78 is 14.9. The van der Waals surface area contributed by atoms with Crippen LogP contribution in [0.2, 0.25) is 0 Å². The monoisotopic (exact) mass is 265 g/mol. The van der Waals surface area contributed by atoms with Crippen LogP contribution in [0, 0.1) is 0 Å². The Morgan fingerprint density at radius 1 is 1.32 bits per heavy atom. The third-order valence-corrected chi connectivity index (χ3v) is 2.88. The second-order valence-electron chi connectivity index (χ2n) is 4.16. The number of hydrogen-bond donors (Lipinski definition) is 0. The zero-order valence-electron chi connectivity index (χ0n) is 10.8. The number of esters is 1. The molecule has 0 saturated carbocycles. The number of carbonyl (C=O) groups excluding carboxylic acids is 2. The Labute approximate surface area is 110 Å². The average Bonchev–Trinajstić information content (AvgIpc) is 2.90. The number of benzene rings is 1. The first kappa shape index (κ1) is 13.2. The molecule has 0 bridgehead atoms. The van der Waals surface area contributed by atoms with E-state index >= 15 is 0 Å². The van der Waals surface area contributed by atoms with Gasteiger partial charge < -0.3 is 19.1 Å². The lowest BCUT2D eigenvalue weighted by molar-refractivity contribution is -0.157. The molecule has 1 heterocycles. The summed E-state index contributed by atoms with van der Waals surface area (Å²) in [5.74, 6) is -0.0707. The van der Waals surface area contributed by atoms with Gasteiger partial charge >= 0.3 is 11.9 Å². The Morgan fingerprint density at radius 2 is 2.05 bits per heavy atom. The number of amides is 1. The fraction of sp³-hybridized carbons (Fsp3) is 0.385. The molecule has 1 aliphatic rings. The minimum absolute atomic E-state index is 0.236. The van der Waals surface area contributed by atoms with Crippen molar-refractivity contribution in [3.8, 4) is 11.5 Å². The van der Waals surface area contributed by atoms with Gasteiger partial charge in [0.15, 0.2) is 11.5 Å². The molecule has 1 aliphatic heterocycles. The van der Waals surface area contributed by atoms with Crippen molar-refractivity contribution in [3.05, 3.63) is 23.8 Å². The van der Waals surface area contributed by atoms with E-state index in [0.29, 0.717) is 18.7 Å². The first-order chi connectivity index (χ1) is 9.11. The van der Waals surface area contributed by atoms with E-state index in [1.807, 2.05) is 18.2 Å². The molecule has 0 spiro atoms. The van der Waals surface area contributed by atoms with E-state index in [-0.39, 0.29) is 6.79 Å². The van der Waals surface area contributed by atoms with Crippen molar-refractivity contribution >= 4 is 11.9 Å². The van der Waals surface area contributed by atoms with E-state index in [1.165, 1.54) is 12.0 Å². The molecule has 0 aliphatic carbocycles. The number of fused-ring (bicyclic) bond motifs is 1. The molecule has 1 aromatic rings. The van der Waals surface area contributed by atoms with Crippen molar-refractivity contribution in [1.82, 2.24) is 4.90 Å². The number of nitrogens with zero attached hydrogens (tertiary/aromatic N) is 1. The standard InChI is InChI=1S/C13H15NO5/c1-14(12(15)13(16)17-2)6-5-9-3-4-10-11(7-9)19-8-18-10/h3-4,7H,5-6,8H2,1-2H3. The second-order valence-corrected chi connectivity index (χ2v) is 4.16. The molecule has 1 aromatic carbocycles. The molecule has 0 fully saturated rings. The van der Waals surface area contributed by atoms with Gasteiger partial charge in [-0.1, -0.05) is 6.07 Å². The normalized spacial score (nSPS) is 12.1. The summed E-state index contributed by atoms with van der Waals surface area (Å²) in [6.45, 7) is 0.660. The summed E-state index contributed by atoms with van der Waals surface area (Å²) in [4.78, 5) is 23.9. The first-order valence-corrected chi connectivity index (χ1v) is 5.83. The van der Waals surface area contributed by atoms with Crippen molar-refractivity contribution in [3.63, 3.8) is 0 Å². The number of likely N-dealkylation sites (N-methyl/N-ethyl adjacent to an activating group) is 1. The maximum absolute atomic E-state index is 11.5. The van der Waals surface area contributed by atoms with E-state index in [4.69, 9.17) is 9.47 Å². The van der Waals surface area contributed by atoms with Gasteiger partial charge in [-0.2, -0.15) is 0 Å². The summed E-state index contributed by atoms with van der Waals surface area (Å²) in [5, 5.41) is 0. The Bertz CT molecular complexity index is 500. The molecular formula is C13H15NO5. The molecule has 0 saturated heterocycles. The van der Waals surface area contributed by atoms with E-state index in [1.54, 1.807) is 7.05 Å². The highest BCUT2D eigenvalue weighted by Crippen LogP contribution is 2.32. The lowest BCUT2D eigenvalue weighted by Crippen LogP contribution is -2.35. The molecule has 0 N–H and O–H groups in total. The molecule has 6 nitrogen and oxygen atoms in total. The summed E-state index contributed by atoms with van der Waals surface area (Å²) in [5.41, 5.74) is 1.01. The largest absolute Gasteiger partial charge is 0.462 e. The van der Waals surface area contributed by atoms with Crippen LogP contribution in [0.3, 0.4) is 0 Å². The minimum Gasteiger partial charge on any atom is -0.462 e. The van der Waals surface area contributed by atoms with Gasteiger partial charge in [-0.25, -0.2) is 4.79 Å². The molecular weight excluding hydrogens is 250 g/mol. The molecule has 19 heavy (non-hydrogen) atoms. The van der Waals surface area contributed by atoms with Crippen LogP contribution in [0.5, 0.6) is 11.5 Å². The van der Waals surface area contributed by atoms with Gasteiger partial charge in [0.25, 0.3) is 0 Å². The number of carbonyl (C=O) groups is 2. The summed E-state index contributed by atoms with van der Waals surface area (Å²) in [6, 6.07) is 5.61. The molecule has 2 rings (SSSR count). The quantitative estimate of drug-likeness (QED) is 0.591. The molecule has 6 heteroatoms. The fourth-order valence-corrected chi connectivity index (χ4v) is 1.74. The maximum atomic E-state index is 11.5. The molecule has 1 amide bonds. The van der Waals surface area contributed by atoms with Crippen LogP contribution >= 0.6 is 0 Å². The molecule has 102 valence electrons. The Hall–Kier alpha value is -2.24. The third kappa shape index (κ3) is 2.96. The van der Waals surface area contributed by atoms with Gasteiger partial charge in [-0.15, -0.1) is 0 Å². The highest BCUT2D eigenvalue weighted by molar-refractivity contribution is 6.32. The third-order valence-electron chi connectivity index (χ3n) is 2.88. The predicted molar refractivity (Wildman–Crippen MR) is 65.9 cm³/mol. The van der Waals surface area contributed by atoms with Crippen LogP contribution in [-0.2, 0) is 20.7 Å². The van der Waals surface area contributed by atoms with Crippen molar-refractivity contribution in [1.29, 1.82) is 0 Å². The Morgan fingerprint density at radius 3 is 2.79 bits per heavy atom. The second kappa shape index (κ2) is 5.60. The first-order valence-electron chi connectivity index (χ1n) is 5.83. The zero-order chi connectivity index (χ0) is 13.8. The molecule has 0 aromatic heterocycles. The van der Waals surface area contributed by atoms with Crippen molar-refractivity contribution < 1.29 is 23.8 Å². The van der Waals surface area contributed by atoms with Crippen LogP contribution in [-0.4, -0.2) is 44.3 Å². The van der Waals surface area contributed by atoms with Crippen LogP contribution in [0.1, 0.15) is 5.56 Å². The fourth-order valence-electron chi connectivity index (χ4n) is 1.74. The number of ether oxygens (including phenoxy) is 3. The van der Waals surface area contributed by atoms with Gasteiger partial charge in [-0.3, -0.25) is 4.79 Å². The Kier molecular flexibility index (Phi) is 3.89. The highest BCUT2D eigenvalue weighted by Gasteiger charge is 2.19. The summed E-state index contributed by atoms with van der Waals surface area (Å²) in [7, 11) is 2.75. The average molecular weight is 265 g/mol.